The van der Waals surface area contributed by atoms with Gasteiger partial charge in [0, 0.05) is 23.0 Å². The molecule has 2 aromatic carbocycles. The number of phenolic OH excluding ortho intramolecular Hbond substituents is 1. The highest BCUT2D eigenvalue weighted by Crippen LogP contribution is 2.66. The Morgan fingerprint density at radius 1 is 1.02 bits per heavy atom. The molecule has 0 spiro atoms. The predicted molar refractivity (Wildman–Crippen MR) is 164 cm³/mol. The molecule has 2 aliphatic carbocycles. The molecule has 4 aliphatic rings. The van der Waals surface area contributed by atoms with Crippen molar-refractivity contribution in [3.63, 3.8) is 0 Å². The second kappa shape index (κ2) is 10.2. The summed E-state index contributed by atoms with van der Waals surface area (Å²) in [4.78, 5) is 65.2. The number of aromatic hydroxyl groups is 1. The molecule has 1 saturated carbocycles. The Morgan fingerprint density at radius 3 is 2.28 bits per heavy atom. The summed E-state index contributed by atoms with van der Waals surface area (Å²) in [5, 5.41) is 10.6. The molecule has 6 rings (SSSR count). The van der Waals surface area contributed by atoms with E-state index < -0.39 is 57.0 Å². The van der Waals surface area contributed by atoms with E-state index in [1.54, 1.807) is 24.3 Å². The first-order chi connectivity index (χ1) is 20.2. The van der Waals surface area contributed by atoms with Gasteiger partial charge in [-0.3, -0.25) is 33.8 Å². The Kier molecular flexibility index (Phi) is 7.15. The first kappa shape index (κ1) is 30.3. The van der Waals surface area contributed by atoms with Crippen LogP contribution in [0.15, 0.2) is 50.9 Å². The fourth-order valence-corrected chi connectivity index (χ4v) is 9.13. The number of carbonyl (C=O) groups excluding carboxylic acids is 5. The molecule has 0 bridgehead atoms. The van der Waals surface area contributed by atoms with E-state index in [4.69, 9.17) is 27.9 Å². The Balaban J connectivity index is 1.53. The van der Waals surface area contributed by atoms with Crippen molar-refractivity contribution in [3.8, 4) is 11.5 Å². The third-order valence-corrected chi connectivity index (χ3v) is 12.8. The molecular weight excluding hydrogens is 731 g/mol. The quantitative estimate of drug-likeness (QED) is 0.194. The summed E-state index contributed by atoms with van der Waals surface area (Å²) in [7, 11) is 2.68. The molecule has 0 aromatic heterocycles. The van der Waals surface area contributed by atoms with Gasteiger partial charge in [-0.05, 0) is 93.4 Å². The molecule has 13 heteroatoms. The van der Waals surface area contributed by atoms with Gasteiger partial charge in [0.25, 0.3) is 11.8 Å². The molecule has 0 radical (unpaired) electrons. The molecule has 2 heterocycles. The highest BCUT2D eigenvalue weighted by molar-refractivity contribution is 9.13. The van der Waals surface area contributed by atoms with Gasteiger partial charge in [-0.1, -0.05) is 11.6 Å². The van der Waals surface area contributed by atoms with Gasteiger partial charge in [0.05, 0.1) is 29.1 Å². The van der Waals surface area contributed by atoms with Crippen LogP contribution in [0.3, 0.4) is 0 Å². The number of methoxy groups -OCH3 is 1. The number of likely N-dealkylation sites (tertiary alicyclic amines) is 1. The average Bonchev–Trinajstić information content (AvgIpc) is 3.31. The van der Waals surface area contributed by atoms with Crippen LogP contribution in [0.5, 0.6) is 11.5 Å². The molecule has 2 aliphatic heterocycles. The largest absolute Gasteiger partial charge is 0.503 e. The van der Waals surface area contributed by atoms with E-state index in [2.05, 4.69) is 31.9 Å². The van der Waals surface area contributed by atoms with Crippen molar-refractivity contribution in [3.05, 3.63) is 62.1 Å². The number of carbonyl (C=O) groups is 5. The lowest BCUT2D eigenvalue weighted by molar-refractivity contribution is -0.138. The van der Waals surface area contributed by atoms with Gasteiger partial charge < -0.3 is 9.84 Å². The number of allylic oxidation sites excluding steroid dienone is 2. The highest BCUT2D eigenvalue weighted by Gasteiger charge is 2.76. The number of ketones is 1. The first-order valence-electron chi connectivity index (χ1n) is 13.3. The number of benzene rings is 2. The third kappa shape index (κ3) is 3.90. The summed E-state index contributed by atoms with van der Waals surface area (Å²) in [5.74, 6) is -5.90. The SMILES string of the molecule is COc1cc(C2C3=CCC4C(=O)N(c5ccc(C(C)=O)cc5)C(=O)C4C3CC3(Cl)C(=O)N(C)C(=O)C23Cl)c(Br)c(Br)c1O. The number of phenols is 1. The van der Waals surface area contributed by atoms with Gasteiger partial charge >= 0.3 is 0 Å². The molecule has 2 aromatic rings. The topological polar surface area (TPSA) is 121 Å². The molecule has 6 atom stereocenters. The minimum atomic E-state index is -1.99. The van der Waals surface area contributed by atoms with Crippen LogP contribution in [0.2, 0.25) is 0 Å². The van der Waals surface area contributed by atoms with Gasteiger partial charge in [-0.25, -0.2) is 0 Å². The van der Waals surface area contributed by atoms with E-state index in [-0.39, 0.29) is 34.6 Å². The summed E-state index contributed by atoms with van der Waals surface area (Å²) < 4.78 is 5.98. The van der Waals surface area contributed by atoms with Crippen molar-refractivity contribution < 1.29 is 33.8 Å². The maximum absolute atomic E-state index is 14.1. The minimum Gasteiger partial charge on any atom is -0.503 e. The summed E-state index contributed by atoms with van der Waals surface area (Å²) in [6, 6.07) is 7.75. The molecule has 224 valence electrons. The standard InChI is InChI=1S/C30H24Br2Cl2N2O7/c1-12(37)13-4-6-14(7-5-13)36-25(39)16-9-8-15-18(20(16)26(36)40)11-29(33)27(41)35(2)28(42)30(29,34)21(15)17-10-19(43-3)24(38)23(32)22(17)31/h4-8,10,16,18,20-21,38H,9,11H2,1-3H3. The number of hydrogen-bond acceptors (Lipinski definition) is 7. The first-order valence-corrected chi connectivity index (χ1v) is 15.7. The summed E-state index contributed by atoms with van der Waals surface area (Å²) >= 11 is 21.3. The van der Waals surface area contributed by atoms with Gasteiger partial charge in [0.2, 0.25) is 11.8 Å². The van der Waals surface area contributed by atoms with Crippen LogP contribution < -0.4 is 9.64 Å². The van der Waals surface area contributed by atoms with Crippen molar-refractivity contribution in [1.82, 2.24) is 4.90 Å². The predicted octanol–water partition coefficient (Wildman–Crippen LogP) is 5.32. The van der Waals surface area contributed by atoms with Gasteiger partial charge in [0.1, 0.15) is 0 Å². The lowest BCUT2D eigenvalue weighted by Gasteiger charge is -2.51. The van der Waals surface area contributed by atoms with Gasteiger partial charge in [0.15, 0.2) is 27.0 Å². The van der Waals surface area contributed by atoms with E-state index in [1.807, 2.05) is 6.08 Å². The third-order valence-electron chi connectivity index (χ3n) is 9.25. The number of hydrogen-bond donors (Lipinski definition) is 1. The molecule has 43 heavy (non-hydrogen) atoms. The number of amides is 4. The zero-order chi connectivity index (χ0) is 31.3. The number of fused-ring (bicyclic) bond motifs is 4. The van der Waals surface area contributed by atoms with Gasteiger partial charge in [-0.15, -0.1) is 23.2 Å². The van der Waals surface area contributed by atoms with E-state index >= 15 is 0 Å². The van der Waals surface area contributed by atoms with Crippen molar-refractivity contribution in [2.45, 2.75) is 35.4 Å². The number of anilines is 1. The second-order valence-electron chi connectivity index (χ2n) is 11.3. The Bertz CT molecular complexity index is 1700. The number of alkyl halides is 2. The van der Waals surface area contributed by atoms with Crippen LogP contribution in [0, 0.1) is 17.8 Å². The van der Waals surface area contributed by atoms with Crippen LogP contribution in [-0.2, 0) is 19.2 Å². The van der Waals surface area contributed by atoms with Crippen LogP contribution in [0.4, 0.5) is 5.69 Å². The maximum Gasteiger partial charge on any atom is 0.253 e. The minimum absolute atomic E-state index is 0.0827. The molecule has 4 amide bonds. The van der Waals surface area contributed by atoms with Crippen LogP contribution >= 0.6 is 55.1 Å². The van der Waals surface area contributed by atoms with E-state index in [9.17, 15) is 29.1 Å². The number of ether oxygens (including phenoxy) is 1. The van der Waals surface area contributed by atoms with E-state index in [1.165, 1.54) is 27.1 Å². The molecule has 1 N–H and O–H groups in total. The number of Topliss-reactive ketones (excluding diaryl/α,β-unsaturated/α-hetero) is 1. The number of halogens is 4. The van der Waals surface area contributed by atoms with Crippen molar-refractivity contribution in [1.29, 1.82) is 0 Å². The lowest BCUT2D eigenvalue weighted by atomic mass is 9.56. The Hall–Kier alpha value is -2.73. The number of nitrogens with zero attached hydrogens (tertiary/aromatic N) is 2. The van der Waals surface area contributed by atoms with Crippen molar-refractivity contribution in [2.24, 2.45) is 17.8 Å². The Morgan fingerprint density at radius 2 is 1.67 bits per heavy atom. The van der Waals surface area contributed by atoms with Crippen LogP contribution in [0.1, 0.15) is 41.6 Å². The highest BCUT2D eigenvalue weighted by atomic mass is 79.9. The van der Waals surface area contributed by atoms with E-state index in [0.29, 0.717) is 26.9 Å². The normalized spacial score (nSPS) is 31.6. The van der Waals surface area contributed by atoms with Gasteiger partial charge in [-0.2, -0.15) is 0 Å². The average molecular weight is 755 g/mol. The zero-order valence-electron chi connectivity index (χ0n) is 23.0. The molecule has 3 fully saturated rings. The second-order valence-corrected chi connectivity index (χ2v) is 14.1. The van der Waals surface area contributed by atoms with Crippen molar-refractivity contribution >= 4 is 90.2 Å². The summed E-state index contributed by atoms with van der Waals surface area (Å²) in [5.41, 5.74) is 1.77. The summed E-state index contributed by atoms with van der Waals surface area (Å²) in [6.07, 6.45) is 1.86. The molecule has 9 nitrogen and oxygen atoms in total. The van der Waals surface area contributed by atoms with Crippen LogP contribution in [-0.4, -0.2) is 63.3 Å². The molecule has 6 unspecified atom stereocenters. The summed E-state index contributed by atoms with van der Waals surface area (Å²) in [6.45, 7) is 1.42. The van der Waals surface area contributed by atoms with Crippen molar-refractivity contribution in [2.75, 3.05) is 19.1 Å². The Labute approximate surface area is 273 Å². The number of rotatable bonds is 4. The zero-order valence-corrected chi connectivity index (χ0v) is 27.7. The lowest BCUT2D eigenvalue weighted by Crippen LogP contribution is -2.60. The van der Waals surface area contributed by atoms with Crippen LogP contribution in [0.25, 0.3) is 0 Å². The number of imide groups is 2. The fourth-order valence-electron chi connectivity index (χ4n) is 7.17. The smallest absolute Gasteiger partial charge is 0.253 e. The fraction of sp³-hybridized carbons (Fsp3) is 0.367. The molecular formula is C30H24Br2Cl2N2O7. The molecule has 2 saturated heterocycles. The maximum atomic E-state index is 14.1. The monoisotopic (exact) mass is 752 g/mol. The van der Waals surface area contributed by atoms with E-state index in [0.717, 1.165) is 9.80 Å².